The van der Waals surface area contributed by atoms with Crippen LogP contribution in [0.15, 0.2) is 53.6 Å². The second-order valence-corrected chi connectivity index (χ2v) is 9.55. The van der Waals surface area contributed by atoms with Gasteiger partial charge < -0.3 is 30.2 Å². The van der Waals surface area contributed by atoms with E-state index in [9.17, 15) is 9.59 Å². The summed E-state index contributed by atoms with van der Waals surface area (Å²) in [6.07, 6.45) is 3.13. The highest BCUT2D eigenvalue weighted by molar-refractivity contribution is 6.19. The fraction of sp³-hybridized carbons (Fsp3) is 0.310. The number of nitrogen functional groups attached to an aromatic ring is 1. The molecule has 0 bridgehead atoms. The maximum absolute atomic E-state index is 14.2. The number of anilines is 1. The van der Waals surface area contributed by atoms with Crippen LogP contribution >= 0.6 is 0 Å². The third-order valence-electron chi connectivity index (χ3n) is 6.45. The minimum absolute atomic E-state index is 0.134. The molecule has 0 radical (unpaired) electrons. The summed E-state index contributed by atoms with van der Waals surface area (Å²) >= 11 is 0. The SMILES string of the molecule is CNC(=O)/C(=C\CN(C)C)c1cc(OCCOC)cc(-n2c(=O)n(-c3ccc(C)c(OC)c3)c3c(N)ncnc32)c1. The summed E-state index contributed by atoms with van der Waals surface area (Å²) in [4.78, 5) is 37.7. The number of likely N-dealkylation sites (N-methyl/N-ethyl adjacent to an activating group) is 2. The smallest absolute Gasteiger partial charge is 0.339 e. The van der Waals surface area contributed by atoms with Crippen molar-refractivity contribution in [2.24, 2.45) is 0 Å². The van der Waals surface area contributed by atoms with Crippen LogP contribution in [0.25, 0.3) is 28.1 Å². The van der Waals surface area contributed by atoms with E-state index in [4.69, 9.17) is 19.9 Å². The van der Waals surface area contributed by atoms with Gasteiger partial charge in [-0.05, 0) is 50.3 Å². The first-order valence-corrected chi connectivity index (χ1v) is 12.9. The molecule has 2 aromatic heterocycles. The largest absolute Gasteiger partial charge is 0.496 e. The normalized spacial score (nSPS) is 11.7. The molecule has 0 saturated carbocycles. The number of methoxy groups -OCH3 is 2. The molecule has 0 aliphatic rings. The van der Waals surface area contributed by atoms with Gasteiger partial charge in [-0.1, -0.05) is 12.1 Å². The fourth-order valence-electron chi connectivity index (χ4n) is 4.41. The van der Waals surface area contributed by atoms with Crippen molar-refractivity contribution in [2.75, 3.05) is 60.9 Å². The van der Waals surface area contributed by atoms with Gasteiger partial charge in [0.05, 0.1) is 25.1 Å². The van der Waals surface area contributed by atoms with Crippen molar-refractivity contribution >= 4 is 28.5 Å². The molecule has 1 amide bonds. The molecule has 2 aromatic carbocycles. The molecule has 0 fully saturated rings. The van der Waals surface area contributed by atoms with Crippen molar-refractivity contribution in [3.05, 3.63) is 70.4 Å². The summed E-state index contributed by atoms with van der Waals surface area (Å²) in [5.41, 5.74) is 9.37. The van der Waals surface area contributed by atoms with Gasteiger partial charge in [0.2, 0.25) is 0 Å². The Morgan fingerprint density at radius 2 is 1.85 bits per heavy atom. The average Bonchev–Trinajstić information content (AvgIpc) is 3.26. The summed E-state index contributed by atoms with van der Waals surface area (Å²) in [7, 11) is 8.54. The maximum atomic E-state index is 14.2. The quantitative estimate of drug-likeness (QED) is 0.208. The predicted molar refractivity (Wildman–Crippen MR) is 158 cm³/mol. The lowest BCUT2D eigenvalue weighted by Crippen LogP contribution is -2.23. The number of rotatable bonds is 11. The Morgan fingerprint density at radius 1 is 1.07 bits per heavy atom. The molecular weight excluding hydrogens is 526 g/mol. The Kier molecular flexibility index (Phi) is 9.05. The number of amides is 1. The van der Waals surface area contributed by atoms with Crippen LogP contribution in [0.5, 0.6) is 11.5 Å². The van der Waals surface area contributed by atoms with Gasteiger partial charge in [0.1, 0.15) is 29.9 Å². The minimum Gasteiger partial charge on any atom is -0.496 e. The van der Waals surface area contributed by atoms with Gasteiger partial charge in [0, 0.05) is 38.4 Å². The number of nitrogens with zero attached hydrogens (tertiary/aromatic N) is 5. The van der Waals surface area contributed by atoms with E-state index in [0.29, 0.717) is 58.3 Å². The number of carbonyl (C=O) groups is 1. The van der Waals surface area contributed by atoms with E-state index in [0.717, 1.165) is 5.56 Å². The molecule has 12 heteroatoms. The van der Waals surface area contributed by atoms with Crippen molar-refractivity contribution in [1.29, 1.82) is 0 Å². The standard InChI is InChI=1S/C29H35N7O5/c1-18-7-8-20(16-24(18)40-6)35-25-26(30)32-17-33-27(25)36(29(35)38)21-13-19(14-22(15-21)41-12-11-39-5)23(28(37)31-2)9-10-34(3)4/h7-9,13-17H,10-12H2,1-6H3,(H,31,37)(H2,30,32,33)/b23-9-. The van der Waals surface area contributed by atoms with Gasteiger partial charge in [-0.15, -0.1) is 0 Å². The second kappa shape index (κ2) is 12.7. The van der Waals surface area contributed by atoms with Gasteiger partial charge in [-0.2, -0.15) is 0 Å². The Labute approximate surface area is 238 Å². The molecule has 4 aromatic rings. The first kappa shape index (κ1) is 29.3. The molecule has 0 atom stereocenters. The van der Waals surface area contributed by atoms with E-state index in [1.807, 2.05) is 38.1 Å². The lowest BCUT2D eigenvalue weighted by molar-refractivity contribution is -0.115. The number of hydrogen-bond acceptors (Lipinski definition) is 9. The van der Waals surface area contributed by atoms with Gasteiger partial charge in [-0.25, -0.2) is 19.3 Å². The van der Waals surface area contributed by atoms with Crippen molar-refractivity contribution in [3.63, 3.8) is 0 Å². The van der Waals surface area contributed by atoms with Crippen LogP contribution in [0.2, 0.25) is 0 Å². The molecule has 4 rings (SSSR count). The molecule has 2 heterocycles. The number of carbonyl (C=O) groups excluding carboxylic acids is 1. The first-order chi connectivity index (χ1) is 19.7. The number of benzene rings is 2. The zero-order valence-corrected chi connectivity index (χ0v) is 24.1. The third kappa shape index (κ3) is 6.08. The predicted octanol–water partition coefficient (Wildman–Crippen LogP) is 2.19. The van der Waals surface area contributed by atoms with Crippen molar-refractivity contribution in [2.45, 2.75) is 6.92 Å². The lowest BCUT2D eigenvalue weighted by atomic mass is 10.0. The number of ether oxygens (including phenoxy) is 3. The number of imidazole rings is 1. The van der Waals surface area contributed by atoms with Crippen LogP contribution in [-0.2, 0) is 9.53 Å². The summed E-state index contributed by atoms with van der Waals surface area (Å²) in [5, 5.41) is 2.70. The van der Waals surface area contributed by atoms with Crippen LogP contribution in [0, 0.1) is 6.92 Å². The summed E-state index contributed by atoms with van der Waals surface area (Å²) < 4.78 is 19.5. The number of aromatic nitrogens is 4. The molecule has 0 aliphatic heterocycles. The molecular formula is C29H35N7O5. The van der Waals surface area contributed by atoms with E-state index < -0.39 is 5.69 Å². The van der Waals surface area contributed by atoms with E-state index in [1.165, 1.54) is 15.5 Å². The van der Waals surface area contributed by atoms with Gasteiger partial charge >= 0.3 is 5.69 Å². The highest BCUT2D eigenvalue weighted by Crippen LogP contribution is 2.30. The maximum Gasteiger partial charge on any atom is 0.339 e. The van der Waals surface area contributed by atoms with E-state index in [-0.39, 0.29) is 18.3 Å². The van der Waals surface area contributed by atoms with Crippen LogP contribution in [-0.4, -0.2) is 85.0 Å². The van der Waals surface area contributed by atoms with E-state index in [2.05, 4.69) is 15.3 Å². The van der Waals surface area contributed by atoms with Gasteiger partial charge in [-0.3, -0.25) is 9.36 Å². The average molecular weight is 562 g/mol. The Balaban J connectivity index is 2.02. The third-order valence-corrected chi connectivity index (χ3v) is 6.45. The lowest BCUT2D eigenvalue weighted by Gasteiger charge is -2.14. The first-order valence-electron chi connectivity index (χ1n) is 12.9. The minimum atomic E-state index is -0.433. The Bertz CT molecular complexity index is 1660. The zero-order chi connectivity index (χ0) is 29.7. The topological polar surface area (TPSA) is 139 Å². The van der Waals surface area contributed by atoms with Crippen molar-refractivity contribution < 1.29 is 19.0 Å². The monoisotopic (exact) mass is 561 g/mol. The number of hydrogen-bond donors (Lipinski definition) is 2. The molecule has 0 spiro atoms. The van der Waals surface area contributed by atoms with E-state index >= 15 is 0 Å². The van der Waals surface area contributed by atoms with Crippen LogP contribution in [0.1, 0.15) is 11.1 Å². The summed E-state index contributed by atoms with van der Waals surface area (Å²) in [6.45, 7) is 3.06. The van der Waals surface area contributed by atoms with Crippen LogP contribution < -0.4 is 26.2 Å². The van der Waals surface area contributed by atoms with Gasteiger partial charge in [0.15, 0.2) is 11.5 Å². The highest BCUT2D eigenvalue weighted by atomic mass is 16.5. The molecule has 0 aliphatic carbocycles. The van der Waals surface area contributed by atoms with Gasteiger partial charge in [0.25, 0.3) is 5.91 Å². The number of nitrogens with two attached hydrogens (primary N) is 1. The Hall–Kier alpha value is -4.68. The molecule has 41 heavy (non-hydrogen) atoms. The molecule has 0 saturated heterocycles. The highest BCUT2D eigenvalue weighted by Gasteiger charge is 2.22. The van der Waals surface area contributed by atoms with Crippen LogP contribution in [0.3, 0.4) is 0 Å². The Morgan fingerprint density at radius 3 is 2.54 bits per heavy atom. The number of nitrogens with one attached hydrogen (secondary N) is 1. The molecule has 12 nitrogen and oxygen atoms in total. The van der Waals surface area contributed by atoms with Crippen molar-refractivity contribution in [3.8, 4) is 22.9 Å². The number of aryl methyl sites for hydroxylation is 1. The molecule has 216 valence electrons. The van der Waals surface area contributed by atoms with Crippen LogP contribution in [0.4, 0.5) is 5.82 Å². The fourth-order valence-corrected chi connectivity index (χ4v) is 4.41. The zero-order valence-electron chi connectivity index (χ0n) is 24.1. The second-order valence-electron chi connectivity index (χ2n) is 9.55. The van der Waals surface area contributed by atoms with E-state index in [1.54, 1.807) is 51.6 Å². The molecule has 0 unspecified atom stereocenters. The van der Waals surface area contributed by atoms with Crippen molar-refractivity contribution in [1.82, 2.24) is 29.3 Å². The summed E-state index contributed by atoms with van der Waals surface area (Å²) in [6, 6.07) is 10.6. The number of fused-ring (bicyclic) bond motifs is 1. The molecule has 3 N–H and O–H groups in total. The summed E-state index contributed by atoms with van der Waals surface area (Å²) in [5.74, 6) is 0.916.